The van der Waals surface area contributed by atoms with Crippen LogP contribution >= 0.6 is 0 Å². The molecule has 1 fully saturated rings. The molecule has 166 valence electrons. The SMILES string of the molecule is CCCCCCCCON1C(C)(C)CC(OC(=O)OOC(C)(C)C)CC1(C)C. The Labute approximate surface area is 172 Å². The molecule has 1 saturated heterocycles. The van der Waals surface area contributed by atoms with Crippen LogP contribution in [-0.2, 0) is 19.3 Å². The summed E-state index contributed by atoms with van der Waals surface area (Å²) in [6.45, 7) is 16.9. The Balaban J connectivity index is 2.49. The Bertz CT molecular complexity index is 452. The predicted octanol–water partition coefficient (Wildman–Crippen LogP) is 6.18. The Morgan fingerprint density at radius 2 is 1.50 bits per heavy atom. The van der Waals surface area contributed by atoms with E-state index in [9.17, 15) is 4.79 Å². The number of rotatable bonds is 10. The molecule has 0 bridgehead atoms. The number of carbonyl (C=O) groups is 1. The lowest BCUT2D eigenvalue weighted by Gasteiger charge is -2.53. The van der Waals surface area contributed by atoms with Crippen LogP contribution in [0.25, 0.3) is 0 Å². The van der Waals surface area contributed by atoms with Crippen molar-refractivity contribution in [2.75, 3.05) is 6.61 Å². The van der Waals surface area contributed by atoms with Gasteiger partial charge in [0.1, 0.15) is 11.7 Å². The highest BCUT2D eigenvalue weighted by atomic mass is 17.2. The van der Waals surface area contributed by atoms with Gasteiger partial charge in [-0.25, -0.2) is 4.79 Å². The first-order chi connectivity index (χ1) is 12.9. The molecule has 1 rings (SSSR count). The zero-order valence-corrected chi connectivity index (χ0v) is 19.4. The predicted molar refractivity (Wildman–Crippen MR) is 111 cm³/mol. The molecule has 0 atom stereocenters. The van der Waals surface area contributed by atoms with Gasteiger partial charge in [-0.3, -0.25) is 9.73 Å². The van der Waals surface area contributed by atoms with E-state index < -0.39 is 11.8 Å². The minimum atomic E-state index is -0.784. The summed E-state index contributed by atoms with van der Waals surface area (Å²) in [6.07, 6.45) is 7.79. The molecular weight excluding hydrogens is 358 g/mol. The smallest absolute Gasteiger partial charge is 0.429 e. The number of hydroxylamine groups is 2. The normalized spacial score (nSPS) is 20.1. The molecule has 6 heteroatoms. The van der Waals surface area contributed by atoms with Gasteiger partial charge in [0.05, 0.1) is 6.61 Å². The zero-order valence-electron chi connectivity index (χ0n) is 19.4. The summed E-state index contributed by atoms with van der Waals surface area (Å²) in [5.74, 6) is 0. The molecule has 1 heterocycles. The van der Waals surface area contributed by atoms with E-state index in [0.29, 0.717) is 12.8 Å². The van der Waals surface area contributed by atoms with Crippen LogP contribution in [-0.4, -0.2) is 40.6 Å². The first-order valence-corrected chi connectivity index (χ1v) is 10.9. The molecule has 0 saturated carbocycles. The molecule has 1 aliphatic rings. The summed E-state index contributed by atoms with van der Waals surface area (Å²) in [5, 5.41) is 2.10. The molecule has 0 aliphatic carbocycles. The molecule has 0 amide bonds. The van der Waals surface area contributed by atoms with Gasteiger partial charge < -0.3 is 4.74 Å². The number of ether oxygens (including phenoxy) is 1. The maximum atomic E-state index is 12.0. The van der Waals surface area contributed by atoms with E-state index in [-0.39, 0.29) is 17.2 Å². The van der Waals surface area contributed by atoms with Crippen molar-refractivity contribution in [3.63, 3.8) is 0 Å². The largest absolute Gasteiger partial charge is 0.540 e. The third kappa shape index (κ3) is 9.10. The summed E-state index contributed by atoms with van der Waals surface area (Å²) in [7, 11) is 0. The minimum absolute atomic E-state index is 0.241. The van der Waals surface area contributed by atoms with Gasteiger partial charge in [0.2, 0.25) is 0 Å². The van der Waals surface area contributed by atoms with Gasteiger partial charge in [0, 0.05) is 23.9 Å². The highest BCUT2D eigenvalue weighted by Crippen LogP contribution is 2.40. The number of hydrogen-bond acceptors (Lipinski definition) is 6. The van der Waals surface area contributed by atoms with Gasteiger partial charge in [-0.15, -0.1) is 0 Å². The number of unbranched alkanes of at least 4 members (excludes halogenated alkanes) is 5. The van der Waals surface area contributed by atoms with Crippen LogP contribution in [0.15, 0.2) is 0 Å². The molecule has 0 N–H and O–H groups in total. The monoisotopic (exact) mass is 401 g/mol. The highest BCUT2D eigenvalue weighted by Gasteiger charge is 2.48. The lowest BCUT2D eigenvalue weighted by atomic mass is 9.80. The number of carbonyl (C=O) groups excluding carboxylic acids is 1. The summed E-state index contributed by atoms with van der Waals surface area (Å²) in [5.41, 5.74) is -1.06. The first kappa shape index (κ1) is 25.2. The van der Waals surface area contributed by atoms with Crippen LogP contribution in [0.2, 0.25) is 0 Å². The molecule has 6 nitrogen and oxygen atoms in total. The van der Waals surface area contributed by atoms with Gasteiger partial charge in [0.15, 0.2) is 0 Å². The van der Waals surface area contributed by atoms with Gasteiger partial charge in [-0.2, -0.15) is 9.95 Å². The number of hydrogen-bond donors (Lipinski definition) is 0. The highest BCUT2D eigenvalue weighted by molar-refractivity contribution is 5.59. The van der Waals surface area contributed by atoms with Crippen LogP contribution in [0.3, 0.4) is 0 Å². The van der Waals surface area contributed by atoms with Crippen molar-refractivity contribution in [3.8, 4) is 0 Å². The second-order valence-electron chi connectivity index (χ2n) is 10.2. The van der Waals surface area contributed by atoms with Crippen molar-refractivity contribution in [1.29, 1.82) is 0 Å². The molecule has 0 spiro atoms. The maximum absolute atomic E-state index is 12.0. The second kappa shape index (κ2) is 10.8. The van der Waals surface area contributed by atoms with E-state index in [1.807, 2.05) is 20.8 Å². The van der Waals surface area contributed by atoms with Crippen molar-refractivity contribution in [2.45, 2.75) is 130 Å². The fourth-order valence-corrected chi connectivity index (χ4v) is 3.96. The molecule has 0 aromatic carbocycles. The first-order valence-electron chi connectivity index (χ1n) is 10.9. The van der Waals surface area contributed by atoms with Crippen molar-refractivity contribution >= 4 is 6.16 Å². The topological polar surface area (TPSA) is 57.2 Å². The molecule has 0 radical (unpaired) electrons. The molecule has 0 aromatic rings. The average Bonchev–Trinajstić information content (AvgIpc) is 2.52. The van der Waals surface area contributed by atoms with E-state index in [2.05, 4.69) is 39.7 Å². The van der Waals surface area contributed by atoms with Crippen molar-refractivity contribution < 1.29 is 24.1 Å². The van der Waals surface area contributed by atoms with E-state index in [1.54, 1.807) is 0 Å². The van der Waals surface area contributed by atoms with Gasteiger partial charge in [-0.05, 0) is 54.9 Å². The Morgan fingerprint density at radius 3 is 2.04 bits per heavy atom. The van der Waals surface area contributed by atoms with E-state index >= 15 is 0 Å². The van der Waals surface area contributed by atoms with Crippen LogP contribution in [0.5, 0.6) is 0 Å². The molecule has 0 unspecified atom stereocenters. The lowest BCUT2D eigenvalue weighted by molar-refractivity contribution is -0.321. The quantitative estimate of drug-likeness (QED) is 0.188. The fourth-order valence-electron chi connectivity index (χ4n) is 3.96. The standard InChI is InChI=1S/C22H43NO5/c1-9-10-11-12-13-14-15-25-23-21(5,6)16-18(17-22(23,7)8)26-19(24)27-28-20(2,3)4/h18H,9-17H2,1-8H3. The average molecular weight is 402 g/mol. The Kier molecular flexibility index (Phi) is 9.71. The minimum Gasteiger partial charge on any atom is -0.429 e. The van der Waals surface area contributed by atoms with Gasteiger partial charge in [0.25, 0.3) is 0 Å². The summed E-state index contributed by atoms with van der Waals surface area (Å²) >= 11 is 0. The third-order valence-electron chi connectivity index (χ3n) is 4.89. The van der Waals surface area contributed by atoms with E-state index in [4.69, 9.17) is 19.3 Å². The molecular formula is C22H43NO5. The van der Waals surface area contributed by atoms with Crippen molar-refractivity contribution in [3.05, 3.63) is 0 Å². The van der Waals surface area contributed by atoms with E-state index in [1.165, 1.54) is 32.1 Å². The molecule has 0 aromatic heterocycles. The third-order valence-corrected chi connectivity index (χ3v) is 4.89. The molecule has 1 aliphatic heterocycles. The fraction of sp³-hybridized carbons (Fsp3) is 0.955. The van der Waals surface area contributed by atoms with Gasteiger partial charge in [-0.1, -0.05) is 39.0 Å². The summed E-state index contributed by atoms with van der Waals surface area (Å²) < 4.78 is 5.52. The maximum Gasteiger partial charge on any atom is 0.540 e. The number of nitrogens with zero attached hydrogens (tertiary/aromatic N) is 1. The Morgan fingerprint density at radius 1 is 0.964 bits per heavy atom. The lowest BCUT2D eigenvalue weighted by Crippen LogP contribution is -2.62. The Hall–Kier alpha value is -0.850. The summed E-state index contributed by atoms with van der Waals surface area (Å²) in [4.78, 5) is 28.0. The molecule has 28 heavy (non-hydrogen) atoms. The second-order valence-corrected chi connectivity index (χ2v) is 10.2. The van der Waals surface area contributed by atoms with Crippen LogP contribution in [0.4, 0.5) is 4.79 Å². The van der Waals surface area contributed by atoms with Crippen LogP contribution < -0.4 is 0 Å². The van der Waals surface area contributed by atoms with E-state index in [0.717, 1.165) is 13.0 Å². The zero-order chi connectivity index (χ0) is 21.4. The van der Waals surface area contributed by atoms with Crippen molar-refractivity contribution in [1.82, 2.24) is 5.06 Å². The van der Waals surface area contributed by atoms with Gasteiger partial charge >= 0.3 is 6.16 Å². The number of piperidine rings is 1. The summed E-state index contributed by atoms with van der Waals surface area (Å²) in [6, 6.07) is 0. The van der Waals surface area contributed by atoms with Crippen LogP contribution in [0.1, 0.15) is 107 Å². The van der Waals surface area contributed by atoms with Crippen LogP contribution in [0, 0.1) is 0 Å². The van der Waals surface area contributed by atoms with Crippen molar-refractivity contribution in [2.24, 2.45) is 0 Å².